The average molecular weight is 363 g/mol. The van der Waals surface area contributed by atoms with Crippen LogP contribution in [0.2, 0.25) is 5.02 Å². The molecule has 0 aliphatic heterocycles. The Labute approximate surface area is 155 Å². The lowest BCUT2D eigenvalue weighted by atomic mass is 10.2. The molecule has 2 heterocycles. The fraction of sp³-hybridized carbons (Fsp3) is 0.0500. The Morgan fingerprint density at radius 1 is 1.08 bits per heavy atom. The summed E-state index contributed by atoms with van der Waals surface area (Å²) in [5, 5.41) is 3.45. The van der Waals surface area contributed by atoms with Crippen LogP contribution in [0.15, 0.2) is 73.1 Å². The third kappa shape index (κ3) is 3.30. The van der Waals surface area contributed by atoms with Gasteiger partial charge in [-0.2, -0.15) is 0 Å². The van der Waals surface area contributed by atoms with E-state index >= 15 is 0 Å². The lowest BCUT2D eigenvalue weighted by molar-refractivity contribution is -0.116. The predicted octanol–water partition coefficient (Wildman–Crippen LogP) is 4.39. The SMILES string of the molecule is O=C(Cn1c(-c2cccnc2)nc2ccccc21)Nc1cccc(Cl)c1. The number of pyridine rings is 1. The van der Waals surface area contributed by atoms with Gasteiger partial charge in [-0.25, -0.2) is 4.98 Å². The van der Waals surface area contributed by atoms with Crippen LogP contribution in [0.1, 0.15) is 0 Å². The number of carbonyl (C=O) groups excluding carboxylic acids is 1. The molecule has 1 amide bonds. The number of halogens is 1. The van der Waals surface area contributed by atoms with E-state index in [0.717, 1.165) is 16.6 Å². The van der Waals surface area contributed by atoms with E-state index in [4.69, 9.17) is 11.6 Å². The minimum atomic E-state index is -0.152. The molecule has 2 aromatic heterocycles. The Morgan fingerprint density at radius 3 is 2.77 bits per heavy atom. The zero-order chi connectivity index (χ0) is 17.9. The van der Waals surface area contributed by atoms with Crippen LogP contribution in [0.4, 0.5) is 5.69 Å². The van der Waals surface area contributed by atoms with Crippen LogP contribution >= 0.6 is 11.6 Å². The second-order valence-electron chi connectivity index (χ2n) is 5.81. The van der Waals surface area contributed by atoms with Crippen LogP contribution in [0.3, 0.4) is 0 Å². The molecule has 0 saturated heterocycles. The van der Waals surface area contributed by atoms with E-state index in [2.05, 4.69) is 15.3 Å². The van der Waals surface area contributed by atoms with Crippen LogP contribution in [0, 0.1) is 0 Å². The van der Waals surface area contributed by atoms with Crippen molar-refractivity contribution in [2.75, 3.05) is 5.32 Å². The van der Waals surface area contributed by atoms with Crippen molar-refractivity contribution in [2.45, 2.75) is 6.54 Å². The first-order chi connectivity index (χ1) is 12.7. The van der Waals surface area contributed by atoms with Crippen LogP contribution in [-0.4, -0.2) is 20.4 Å². The third-order valence-corrected chi connectivity index (χ3v) is 4.22. The molecule has 0 atom stereocenters. The summed E-state index contributed by atoms with van der Waals surface area (Å²) >= 11 is 5.98. The van der Waals surface area contributed by atoms with Crippen molar-refractivity contribution in [1.82, 2.24) is 14.5 Å². The number of para-hydroxylation sites is 2. The first-order valence-electron chi connectivity index (χ1n) is 8.12. The Bertz CT molecular complexity index is 1080. The molecule has 26 heavy (non-hydrogen) atoms. The van der Waals surface area contributed by atoms with Crippen molar-refractivity contribution >= 4 is 34.2 Å². The number of benzene rings is 2. The summed E-state index contributed by atoms with van der Waals surface area (Å²) in [6, 6.07) is 18.6. The Hall–Kier alpha value is -3.18. The predicted molar refractivity (Wildman–Crippen MR) is 103 cm³/mol. The number of anilines is 1. The standard InChI is InChI=1S/C20H15ClN4O/c21-15-6-3-7-16(11-15)23-19(26)13-25-18-9-2-1-8-17(18)24-20(25)14-5-4-10-22-12-14/h1-12H,13H2,(H,23,26). The summed E-state index contributed by atoms with van der Waals surface area (Å²) in [6.07, 6.45) is 3.45. The molecule has 0 spiro atoms. The molecule has 0 saturated carbocycles. The second kappa shape index (κ2) is 6.98. The highest BCUT2D eigenvalue weighted by molar-refractivity contribution is 6.30. The minimum Gasteiger partial charge on any atom is -0.324 e. The Morgan fingerprint density at radius 2 is 1.96 bits per heavy atom. The highest BCUT2D eigenvalue weighted by Crippen LogP contribution is 2.24. The topological polar surface area (TPSA) is 59.8 Å². The van der Waals surface area contributed by atoms with Crippen molar-refractivity contribution in [3.63, 3.8) is 0 Å². The molecule has 0 fully saturated rings. The lowest BCUT2D eigenvalue weighted by Crippen LogP contribution is -2.19. The van der Waals surface area contributed by atoms with Gasteiger partial charge in [-0.15, -0.1) is 0 Å². The van der Waals surface area contributed by atoms with Gasteiger partial charge >= 0.3 is 0 Å². The van der Waals surface area contributed by atoms with Crippen LogP contribution in [0.5, 0.6) is 0 Å². The van der Waals surface area contributed by atoms with Crippen molar-refractivity contribution in [3.05, 3.63) is 78.1 Å². The smallest absolute Gasteiger partial charge is 0.244 e. The van der Waals surface area contributed by atoms with Gasteiger partial charge in [-0.05, 0) is 42.5 Å². The fourth-order valence-corrected chi connectivity index (χ4v) is 3.05. The number of nitrogens with zero attached hydrogens (tertiary/aromatic N) is 3. The number of hydrogen-bond donors (Lipinski definition) is 1. The highest BCUT2D eigenvalue weighted by atomic mass is 35.5. The van der Waals surface area contributed by atoms with Crippen molar-refractivity contribution in [1.29, 1.82) is 0 Å². The monoisotopic (exact) mass is 362 g/mol. The maximum atomic E-state index is 12.6. The number of nitrogens with one attached hydrogen (secondary N) is 1. The zero-order valence-corrected chi connectivity index (χ0v) is 14.5. The van der Waals surface area contributed by atoms with Gasteiger partial charge in [-0.3, -0.25) is 9.78 Å². The van der Waals surface area contributed by atoms with Gasteiger partial charge in [0.15, 0.2) is 0 Å². The zero-order valence-electron chi connectivity index (χ0n) is 13.8. The summed E-state index contributed by atoms with van der Waals surface area (Å²) in [4.78, 5) is 21.4. The van der Waals surface area contributed by atoms with Crippen molar-refractivity contribution in [2.24, 2.45) is 0 Å². The molecule has 0 aliphatic rings. The molecule has 4 aromatic rings. The minimum absolute atomic E-state index is 0.136. The largest absolute Gasteiger partial charge is 0.324 e. The maximum absolute atomic E-state index is 12.6. The highest BCUT2D eigenvalue weighted by Gasteiger charge is 2.15. The number of aromatic nitrogens is 3. The van der Waals surface area contributed by atoms with Gasteiger partial charge in [0.1, 0.15) is 12.4 Å². The first-order valence-corrected chi connectivity index (χ1v) is 8.49. The van der Waals surface area contributed by atoms with E-state index in [0.29, 0.717) is 16.5 Å². The van der Waals surface area contributed by atoms with Gasteiger partial charge < -0.3 is 9.88 Å². The molecule has 128 valence electrons. The van der Waals surface area contributed by atoms with Gasteiger partial charge in [0.05, 0.1) is 11.0 Å². The Kier molecular flexibility index (Phi) is 4.37. The van der Waals surface area contributed by atoms with E-state index in [9.17, 15) is 4.79 Å². The number of carbonyl (C=O) groups is 1. The molecule has 2 aromatic carbocycles. The van der Waals surface area contributed by atoms with Crippen LogP contribution < -0.4 is 5.32 Å². The van der Waals surface area contributed by atoms with Gasteiger partial charge in [0, 0.05) is 28.7 Å². The molecule has 0 aliphatic carbocycles. The lowest BCUT2D eigenvalue weighted by Gasteiger charge is -2.10. The molecule has 0 radical (unpaired) electrons. The molecular formula is C20H15ClN4O. The van der Waals surface area contributed by atoms with Crippen LogP contribution in [0.25, 0.3) is 22.4 Å². The number of hydrogen-bond acceptors (Lipinski definition) is 3. The Balaban J connectivity index is 1.70. The van der Waals surface area contributed by atoms with Crippen LogP contribution in [-0.2, 0) is 11.3 Å². The average Bonchev–Trinajstić information content (AvgIpc) is 3.01. The van der Waals surface area contributed by atoms with E-state index in [-0.39, 0.29) is 12.5 Å². The quantitative estimate of drug-likeness (QED) is 0.585. The second-order valence-corrected chi connectivity index (χ2v) is 6.25. The van der Waals surface area contributed by atoms with E-state index in [1.807, 2.05) is 41.0 Å². The molecule has 4 rings (SSSR count). The summed E-state index contributed by atoms with van der Waals surface area (Å²) in [5.74, 6) is 0.557. The molecule has 1 N–H and O–H groups in total. The normalized spacial score (nSPS) is 10.8. The summed E-state index contributed by atoms with van der Waals surface area (Å²) in [5.41, 5.74) is 3.25. The molecule has 5 nitrogen and oxygen atoms in total. The number of fused-ring (bicyclic) bond motifs is 1. The third-order valence-electron chi connectivity index (χ3n) is 3.98. The molecule has 0 unspecified atom stereocenters. The van der Waals surface area contributed by atoms with Gasteiger partial charge in [0.25, 0.3) is 0 Å². The van der Waals surface area contributed by atoms with Crippen molar-refractivity contribution in [3.8, 4) is 11.4 Å². The maximum Gasteiger partial charge on any atom is 0.244 e. The summed E-state index contributed by atoms with van der Waals surface area (Å²) < 4.78 is 1.90. The number of imidazole rings is 1. The van der Waals surface area contributed by atoms with Gasteiger partial charge in [-0.1, -0.05) is 29.8 Å². The molecular weight excluding hydrogens is 348 g/mol. The van der Waals surface area contributed by atoms with E-state index in [1.54, 1.807) is 36.7 Å². The molecule has 6 heteroatoms. The summed E-state index contributed by atoms with van der Waals surface area (Å²) in [7, 11) is 0. The van der Waals surface area contributed by atoms with Gasteiger partial charge in [0.2, 0.25) is 5.91 Å². The summed E-state index contributed by atoms with van der Waals surface area (Å²) in [6.45, 7) is 0.136. The number of rotatable bonds is 4. The fourth-order valence-electron chi connectivity index (χ4n) is 2.86. The molecule has 0 bridgehead atoms. The van der Waals surface area contributed by atoms with E-state index < -0.39 is 0 Å². The first kappa shape index (κ1) is 16.3. The van der Waals surface area contributed by atoms with E-state index in [1.165, 1.54) is 0 Å². The number of amides is 1. The van der Waals surface area contributed by atoms with Crippen molar-refractivity contribution < 1.29 is 4.79 Å².